The van der Waals surface area contributed by atoms with E-state index in [2.05, 4.69) is 17.2 Å². The van der Waals surface area contributed by atoms with Gasteiger partial charge in [-0.3, -0.25) is 4.68 Å². The molecule has 1 heterocycles. The van der Waals surface area contributed by atoms with Gasteiger partial charge in [-0.05, 0) is 26.0 Å². The lowest BCUT2D eigenvalue weighted by Crippen LogP contribution is -2.06. The topological polar surface area (TPSA) is 43.8 Å². The highest BCUT2D eigenvalue weighted by Crippen LogP contribution is 2.17. The Morgan fingerprint density at radius 1 is 1.36 bits per heavy atom. The van der Waals surface area contributed by atoms with Gasteiger partial charge in [0.1, 0.15) is 0 Å². The molecule has 0 atom stereocenters. The van der Waals surface area contributed by atoms with Gasteiger partial charge in [-0.25, -0.2) is 0 Å². The number of aryl methyl sites for hydroxylation is 2. The molecule has 74 valence electrons. The molecular formula is C11H15N3. The fraction of sp³-hybridized carbons (Fsp3) is 0.364. The Morgan fingerprint density at radius 2 is 2.14 bits per heavy atom. The highest BCUT2D eigenvalue weighted by molar-refractivity contribution is 5.81. The van der Waals surface area contributed by atoms with Crippen molar-refractivity contribution < 1.29 is 0 Å². The number of fused-ring (bicyclic) bond motifs is 1. The molecule has 2 N–H and O–H groups in total. The zero-order chi connectivity index (χ0) is 9.97. The first-order valence-electron chi connectivity index (χ1n) is 4.95. The Kier molecular flexibility index (Phi) is 2.50. The Balaban J connectivity index is 2.44. The van der Waals surface area contributed by atoms with E-state index in [1.54, 1.807) is 0 Å². The summed E-state index contributed by atoms with van der Waals surface area (Å²) in [5.41, 5.74) is 7.79. The molecule has 2 aromatic rings. The van der Waals surface area contributed by atoms with Gasteiger partial charge >= 0.3 is 0 Å². The normalized spacial score (nSPS) is 11.0. The summed E-state index contributed by atoms with van der Waals surface area (Å²) in [4.78, 5) is 0. The molecular weight excluding hydrogens is 174 g/mol. The van der Waals surface area contributed by atoms with Gasteiger partial charge in [0.15, 0.2) is 0 Å². The maximum absolute atomic E-state index is 5.49. The van der Waals surface area contributed by atoms with Gasteiger partial charge in [0.2, 0.25) is 0 Å². The molecule has 0 aliphatic rings. The van der Waals surface area contributed by atoms with E-state index in [4.69, 9.17) is 5.73 Å². The second kappa shape index (κ2) is 3.80. The largest absolute Gasteiger partial charge is 0.330 e. The van der Waals surface area contributed by atoms with Crippen LogP contribution >= 0.6 is 0 Å². The summed E-state index contributed by atoms with van der Waals surface area (Å²) < 4.78 is 2.04. The van der Waals surface area contributed by atoms with Crippen LogP contribution in [0, 0.1) is 6.92 Å². The molecule has 0 unspecified atom stereocenters. The first kappa shape index (κ1) is 9.21. The molecule has 0 aliphatic heterocycles. The minimum absolute atomic E-state index is 0.716. The SMILES string of the molecule is Cc1nn(CCCN)c2ccccc12. The van der Waals surface area contributed by atoms with Crippen LogP contribution in [0.3, 0.4) is 0 Å². The third-order valence-electron chi connectivity index (χ3n) is 2.42. The van der Waals surface area contributed by atoms with Crippen molar-refractivity contribution in [3.63, 3.8) is 0 Å². The van der Waals surface area contributed by atoms with Crippen LogP contribution in [0.5, 0.6) is 0 Å². The van der Waals surface area contributed by atoms with E-state index in [1.165, 1.54) is 10.9 Å². The number of hydrogen-bond acceptors (Lipinski definition) is 2. The summed E-state index contributed by atoms with van der Waals surface area (Å²) >= 11 is 0. The van der Waals surface area contributed by atoms with Crippen molar-refractivity contribution in [2.75, 3.05) is 6.54 Å². The van der Waals surface area contributed by atoms with Crippen LogP contribution in [0.4, 0.5) is 0 Å². The van der Waals surface area contributed by atoms with Crippen molar-refractivity contribution in [3.8, 4) is 0 Å². The number of hydrogen-bond donors (Lipinski definition) is 1. The number of para-hydroxylation sites is 1. The molecule has 0 radical (unpaired) electrons. The van der Waals surface area contributed by atoms with Crippen molar-refractivity contribution in [2.24, 2.45) is 5.73 Å². The standard InChI is InChI=1S/C11H15N3/c1-9-10-5-2-3-6-11(10)14(13-9)8-4-7-12/h2-3,5-6H,4,7-8,12H2,1H3. The van der Waals surface area contributed by atoms with Crippen molar-refractivity contribution in [3.05, 3.63) is 30.0 Å². The second-order valence-electron chi connectivity index (χ2n) is 3.47. The number of rotatable bonds is 3. The van der Waals surface area contributed by atoms with Crippen LogP contribution in [0.25, 0.3) is 10.9 Å². The van der Waals surface area contributed by atoms with Gasteiger partial charge in [0.25, 0.3) is 0 Å². The predicted octanol–water partition coefficient (Wildman–Crippen LogP) is 1.69. The predicted molar refractivity (Wildman–Crippen MR) is 58.1 cm³/mol. The van der Waals surface area contributed by atoms with E-state index < -0.39 is 0 Å². The molecule has 1 aromatic heterocycles. The molecule has 3 nitrogen and oxygen atoms in total. The molecule has 0 aliphatic carbocycles. The van der Waals surface area contributed by atoms with Gasteiger partial charge in [0.05, 0.1) is 11.2 Å². The van der Waals surface area contributed by atoms with Crippen molar-refractivity contribution >= 4 is 10.9 Å². The molecule has 0 bridgehead atoms. The lowest BCUT2D eigenvalue weighted by molar-refractivity contribution is 0.598. The summed E-state index contributed by atoms with van der Waals surface area (Å²) in [7, 11) is 0. The van der Waals surface area contributed by atoms with Crippen LogP contribution in [0.15, 0.2) is 24.3 Å². The molecule has 0 spiro atoms. The average Bonchev–Trinajstić information content (AvgIpc) is 2.54. The zero-order valence-electron chi connectivity index (χ0n) is 8.40. The minimum Gasteiger partial charge on any atom is -0.330 e. The molecule has 14 heavy (non-hydrogen) atoms. The number of aromatic nitrogens is 2. The highest BCUT2D eigenvalue weighted by Gasteiger charge is 2.04. The number of nitrogens with zero attached hydrogens (tertiary/aromatic N) is 2. The maximum atomic E-state index is 5.49. The van der Waals surface area contributed by atoms with Crippen molar-refractivity contribution in [1.29, 1.82) is 0 Å². The monoisotopic (exact) mass is 189 g/mol. The fourth-order valence-corrected chi connectivity index (χ4v) is 1.70. The molecule has 0 saturated carbocycles. The molecule has 0 fully saturated rings. The smallest absolute Gasteiger partial charge is 0.0685 e. The minimum atomic E-state index is 0.716. The van der Waals surface area contributed by atoms with Crippen LogP contribution in [-0.4, -0.2) is 16.3 Å². The first-order valence-corrected chi connectivity index (χ1v) is 4.95. The fourth-order valence-electron chi connectivity index (χ4n) is 1.70. The van der Waals surface area contributed by atoms with E-state index in [1.807, 2.05) is 23.7 Å². The Labute approximate surface area is 83.5 Å². The van der Waals surface area contributed by atoms with Crippen LogP contribution in [0.2, 0.25) is 0 Å². The third-order valence-corrected chi connectivity index (χ3v) is 2.42. The molecule has 0 amide bonds. The van der Waals surface area contributed by atoms with Crippen LogP contribution in [0.1, 0.15) is 12.1 Å². The van der Waals surface area contributed by atoms with Gasteiger partial charge in [-0.1, -0.05) is 18.2 Å². The van der Waals surface area contributed by atoms with E-state index in [0.717, 1.165) is 18.7 Å². The van der Waals surface area contributed by atoms with Gasteiger partial charge in [0, 0.05) is 11.9 Å². The highest BCUT2D eigenvalue weighted by atomic mass is 15.3. The number of nitrogens with two attached hydrogens (primary N) is 1. The molecule has 3 heteroatoms. The van der Waals surface area contributed by atoms with Crippen LogP contribution < -0.4 is 5.73 Å². The van der Waals surface area contributed by atoms with Gasteiger partial charge < -0.3 is 5.73 Å². The van der Waals surface area contributed by atoms with E-state index in [9.17, 15) is 0 Å². The van der Waals surface area contributed by atoms with Crippen LogP contribution in [-0.2, 0) is 6.54 Å². The summed E-state index contributed by atoms with van der Waals surface area (Å²) in [6.07, 6.45) is 0.977. The number of benzene rings is 1. The lowest BCUT2D eigenvalue weighted by atomic mass is 10.2. The van der Waals surface area contributed by atoms with Crippen molar-refractivity contribution in [2.45, 2.75) is 19.9 Å². The lowest BCUT2D eigenvalue weighted by Gasteiger charge is -2.00. The Hall–Kier alpha value is -1.35. The van der Waals surface area contributed by atoms with E-state index in [-0.39, 0.29) is 0 Å². The van der Waals surface area contributed by atoms with Crippen molar-refractivity contribution in [1.82, 2.24) is 9.78 Å². The second-order valence-corrected chi connectivity index (χ2v) is 3.47. The van der Waals surface area contributed by atoms with Gasteiger partial charge in [-0.2, -0.15) is 5.10 Å². The maximum Gasteiger partial charge on any atom is 0.0685 e. The van der Waals surface area contributed by atoms with Gasteiger partial charge in [-0.15, -0.1) is 0 Å². The molecule has 1 aromatic carbocycles. The quantitative estimate of drug-likeness (QED) is 0.798. The summed E-state index contributed by atoms with van der Waals surface area (Å²) in [6.45, 7) is 3.67. The summed E-state index contributed by atoms with van der Waals surface area (Å²) in [5.74, 6) is 0. The zero-order valence-corrected chi connectivity index (χ0v) is 8.40. The van der Waals surface area contributed by atoms with E-state index in [0.29, 0.717) is 6.54 Å². The summed E-state index contributed by atoms with van der Waals surface area (Å²) in [5, 5.41) is 5.73. The first-order chi connectivity index (χ1) is 6.83. The Bertz CT molecular complexity index is 431. The molecule has 2 rings (SSSR count). The third kappa shape index (κ3) is 1.51. The van der Waals surface area contributed by atoms with E-state index >= 15 is 0 Å². The Morgan fingerprint density at radius 3 is 2.93 bits per heavy atom. The summed E-state index contributed by atoms with van der Waals surface area (Å²) in [6, 6.07) is 8.30. The average molecular weight is 189 g/mol. The molecule has 0 saturated heterocycles.